The molecule has 0 spiro atoms. The smallest absolute Gasteiger partial charge is 0.249 e. The lowest BCUT2D eigenvalue weighted by molar-refractivity contribution is -0.126. The molecule has 0 unspecified atom stereocenters. The van der Waals surface area contributed by atoms with Gasteiger partial charge in [0.2, 0.25) is 11.8 Å². The number of fused-ring (bicyclic) bond motifs is 1. The lowest BCUT2D eigenvalue weighted by Crippen LogP contribution is -2.24. The fraction of sp³-hybridized carbons (Fsp3) is 0.208. The number of ether oxygens (including phenoxy) is 2. The quantitative estimate of drug-likeness (QED) is 0.310. The Morgan fingerprint density at radius 3 is 2.39 bits per heavy atom. The van der Waals surface area contributed by atoms with Crippen LogP contribution in [-0.2, 0) is 9.59 Å². The highest BCUT2D eigenvalue weighted by Gasteiger charge is 2.10. The molecule has 0 bridgehead atoms. The third kappa shape index (κ3) is 6.05. The minimum atomic E-state index is -0.516. The molecule has 7 nitrogen and oxygen atoms in total. The molecule has 0 fully saturated rings. The van der Waals surface area contributed by atoms with E-state index in [9.17, 15) is 9.59 Å². The van der Waals surface area contributed by atoms with Crippen LogP contribution in [0.15, 0.2) is 65.8 Å². The number of benzene rings is 3. The molecular weight excluding hydrogens is 394 g/mol. The lowest BCUT2D eigenvalue weighted by atomic mass is 10.0. The van der Waals surface area contributed by atoms with Gasteiger partial charge in [-0.3, -0.25) is 9.59 Å². The summed E-state index contributed by atoms with van der Waals surface area (Å²) in [5, 5.41) is 8.69. The first kappa shape index (κ1) is 21.8. The van der Waals surface area contributed by atoms with E-state index in [1.807, 2.05) is 50.2 Å². The third-order valence-electron chi connectivity index (χ3n) is 4.38. The molecule has 2 N–H and O–H groups in total. The maximum atomic E-state index is 12.1. The first-order valence-corrected chi connectivity index (χ1v) is 10.1. The topological polar surface area (TPSA) is 89.0 Å². The SMILES string of the molecule is CCOc1ccc(NC(=O)CC(=O)NN=Cc2c(OCC)ccc3ccccc23)cc1. The number of anilines is 1. The number of nitrogens with zero attached hydrogens (tertiary/aromatic N) is 1. The van der Waals surface area contributed by atoms with Crippen molar-refractivity contribution in [3.8, 4) is 11.5 Å². The molecule has 3 rings (SSSR count). The summed E-state index contributed by atoms with van der Waals surface area (Å²) in [6, 6.07) is 18.6. The van der Waals surface area contributed by atoms with Gasteiger partial charge in [0.15, 0.2) is 0 Å². The van der Waals surface area contributed by atoms with Crippen LogP contribution < -0.4 is 20.2 Å². The van der Waals surface area contributed by atoms with Crippen LogP contribution in [0.3, 0.4) is 0 Å². The number of nitrogens with one attached hydrogen (secondary N) is 2. The van der Waals surface area contributed by atoms with Crippen LogP contribution in [0.5, 0.6) is 11.5 Å². The normalized spacial score (nSPS) is 10.8. The minimum absolute atomic E-state index is 0.349. The fourth-order valence-corrected chi connectivity index (χ4v) is 3.05. The summed E-state index contributed by atoms with van der Waals surface area (Å²) in [4.78, 5) is 24.2. The van der Waals surface area contributed by atoms with E-state index in [0.717, 1.165) is 16.3 Å². The lowest BCUT2D eigenvalue weighted by Gasteiger charge is -2.10. The summed E-state index contributed by atoms with van der Waals surface area (Å²) in [5.41, 5.74) is 3.75. The summed E-state index contributed by atoms with van der Waals surface area (Å²) < 4.78 is 11.0. The summed E-state index contributed by atoms with van der Waals surface area (Å²) in [6.07, 6.45) is 1.19. The van der Waals surface area contributed by atoms with Gasteiger partial charge in [-0.1, -0.05) is 30.3 Å². The van der Waals surface area contributed by atoms with Gasteiger partial charge in [-0.15, -0.1) is 0 Å². The average molecular weight is 419 g/mol. The second kappa shape index (κ2) is 10.8. The van der Waals surface area contributed by atoms with E-state index in [2.05, 4.69) is 15.8 Å². The summed E-state index contributed by atoms with van der Waals surface area (Å²) >= 11 is 0. The van der Waals surface area contributed by atoms with Crippen LogP contribution in [0.1, 0.15) is 25.8 Å². The molecule has 0 saturated heterocycles. The molecule has 0 radical (unpaired) electrons. The van der Waals surface area contributed by atoms with Crippen molar-refractivity contribution in [2.75, 3.05) is 18.5 Å². The number of carbonyl (C=O) groups is 2. The van der Waals surface area contributed by atoms with E-state index in [0.29, 0.717) is 30.4 Å². The van der Waals surface area contributed by atoms with Crippen LogP contribution in [-0.4, -0.2) is 31.2 Å². The van der Waals surface area contributed by atoms with Crippen molar-refractivity contribution in [1.29, 1.82) is 0 Å². The van der Waals surface area contributed by atoms with Gasteiger partial charge >= 0.3 is 0 Å². The molecule has 0 heterocycles. The van der Waals surface area contributed by atoms with E-state index in [4.69, 9.17) is 9.47 Å². The third-order valence-corrected chi connectivity index (χ3v) is 4.38. The van der Waals surface area contributed by atoms with Crippen molar-refractivity contribution in [1.82, 2.24) is 5.43 Å². The number of hydrogen-bond acceptors (Lipinski definition) is 5. The summed E-state index contributed by atoms with van der Waals surface area (Å²) in [6.45, 7) is 4.88. The Kier molecular flexibility index (Phi) is 7.59. The van der Waals surface area contributed by atoms with Gasteiger partial charge in [-0.05, 0) is 55.0 Å². The van der Waals surface area contributed by atoms with Crippen molar-refractivity contribution in [3.63, 3.8) is 0 Å². The van der Waals surface area contributed by atoms with Gasteiger partial charge in [-0.25, -0.2) is 5.43 Å². The average Bonchev–Trinajstić information content (AvgIpc) is 2.76. The molecule has 7 heteroatoms. The number of hydrazone groups is 1. The Bertz CT molecular complexity index is 1080. The van der Waals surface area contributed by atoms with Gasteiger partial charge in [0, 0.05) is 11.3 Å². The Morgan fingerprint density at radius 1 is 0.903 bits per heavy atom. The van der Waals surface area contributed by atoms with Gasteiger partial charge in [0.1, 0.15) is 17.9 Å². The van der Waals surface area contributed by atoms with Crippen LogP contribution in [0, 0.1) is 0 Å². The molecular formula is C24H25N3O4. The van der Waals surface area contributed by atoms with E-state index in [1.54, 1.807) is 24.3 Å². The molecule has 2 amide bonds. The van der Waals surface area contributed by atoms with Crippen LogP contribution in [0.2, 0.25) is 0 Å². The van der Waals surface area contributed by atoms with Crippen molar-refractivity contribution in [3.05, 3.63) is 66.2 Å². The largest absolute Gasteiger partial charge is 0.494 e. The standard InChI is InChI=1S/C24H25N3O4/c1-3-30-19-12-10-18(11-13-19)26-23(28)15-24(29)27-25-16-21-20-8-6-5-7-17(20)9-14-22(21)31-4-2/h5-14,16H,3-4,15H2,1-2H3,(H,26,28)(H,27,29). The van der Waals surface area contributed by atoms with Crippen LogP contribution >= 0.6 is 0 Å². The number of hydrogen-bond donors (Lipinski definition) is 2. The highest BCUT2D eigenvalue weighted by atomic mass is 16.5. The number of rotatable bonds is 9. The molecule has 0 atom stereocenters. The maximum absolute atomic E-state index is 12.1. The fourth-order valence-electron chi connectivity index (χ4n) is 3.05. The Labute approximate surface area is 181 Å². The zero-order valence-electron chi connectivity index (χ0n) is 17.6. The molecule has 0 aliphatic carbocycles. The molecule has 0 aromatic heterocycles. The highest BCUT2D eigenvalue weighted by molar-refractivity contribution is 6.05. The molecule has 0 aliphatic heterocycles. The van der Waals surface area contributed by atoms with Crippen LogP contribution in [0.25, 0.3) is 10.8 Å². The Hall–Kier alpha value is -3.87. The molecule has 3 aromatic rings. The van der Waals surface area contributed by atoms with Crippen molar-refractivity contribution in [2.24, 2.45) is 5.10 Å². The second-order valence-corrected chi connectivity index (χ2v) is 6.61. The second-order valence-electron chi connectivity index (χ2n) is 6.61. The zero-order chi connectivity index (χ0) is 22.1. The van der Waals surface area contributed by atoms with Gasteiger partial charge < -0.3 is 14.8 Å². The molecule has 160 valence electrons. The summed E-state index contributed by atoms with van der Waals surface area (Å²) in [5.74, 6) is 0.440. The Morgan fingerprint density at radius 2 is 1.65 bits per heavy atom. The first-order chi connectivity index (χ1) is 15.1. The zero-order valence-corrected chi connectivity index (χ0v) is 17.6. The summed E-state index contributed by atoms with van der Waals surface area (Å²) in [7, 11) is 0. The van der Waals surface area contributed by atoms with Crippen LogP contribution in [0.4, 0.5) is 5.69 Å². The number of amides is 2. The first-order valence-electron chi connectivity index (χ1n) is 10.1. The van der Waals surface area contributed by atoms with Gasteiger partial charge in [0.25, 0.3) is 0 Å². The molecule has 3 aromatic carbocycles. The molecule has 31 heavy (non-hydrogen) atoms. The van der Waals surface area contributed by atoms with E-state index in [1.165, 1.54) is 6.21 Å². The molecule has 0 saturated carbocycles. The van der Waals surface area contributed by atoms with Gasteiger partial charge in [0.05, 0.1) is 19.4 Å². The van der Waals surface area contributed by atoms with Crippen molar-refractivity contribution < 1.29 is 19.1 Å². The van der Waals surface area contributed by atoms with Gasteiger partial charge in [-0.2, -0.15) is 5.10 Å². The molecule has 0 aliphatic rings. The highest BCUT2D eigenvalue weighted by Crippen LogP contribution is 2.26. The van der Waals surface area contributed by atoms with Crippen molar-refractivity contribution in [2.45, 2.75) is 20.3 Å². The van der Waals surface area contributed by atoms with E-state index < -0.39 is 11.8 Å². The minimum Gasteiger partial charge on any atom is -0.494 e. The van der Waals surface area contributed by atoms with Crippen molar-refractivity contribution >= 4 is 34.5 Å². The predicted molar refractivity (Wildman–Crippen MR) is 122 cm³/mol. The maximum Gasteiger partial charge on any atom is 0.249 e. The monoisotopic (exact) mass is 419 g/mol. The van der Waals surface area contributed by atoms with E-state index >= 15 is 0 Å². The predicted octanol–water partition coefficient (Wildman–Crippen LogP) is 4.12. The number of carbonyl (C=O) groups excluding carboxylic acids is 2. The Balaban J connectivity index is 1.60. The van der Waals surface area contributed by atoms with E-state index in [-0.39, 0.29) is 6.42 Å².